The Bertz CT molecular complexity index is 974. The molecule has 0 saturated heterocycles. The Hall–Kier alpha value is -3.04. The average molecular weight is 447 g/mol. The minimum Gasteiger partial charge on any atom is -0.503 e. The van der Waals surface area contributed by atoms with Gasteiger partial charge in [-0.2, -0.15) is 0 Å². The number of benzene rings is 1. The van der Waals surface area contributed by atoms with Gasteiger partial charge in [-0.25, -0.2) is 0 Å². The molecule has 0 bridgehead atoms. The third kappa shape index (κ3) is 4.24. The fourth-order valence-corrected chi connectivity index (χ4v) is 4.25. The number of aliphatic hydroxyl groups excluding tert-OH is 1. The molecule has 0 unspecified atom stereocenters. The second-order valence-corrected chi connectivity index (χ2v) is 8.18. The summed E-state index contributed by atoms with van der Waals surface area (Å²) in [7, 11) is 8.27. The standard InChI is InChI=1S/C22H26N2O6S/c1-23(2)8-9-24-18(13-11-14(28-3)21(30-5)15(12-13)29-4)17(20(26)22(24)27)19(25)16-7-6-10-31-16/h6-7,10-12,18,26H,8-9H2,1-5H3/t18-/m0/s1. The van der Waals surface area contributed by atoms with Gasteiger partial charge in [0.1, 0.15) is 0 Å². The van der Waals surface area contributed by atoms with Crippen LogP contribution in [-0.2, 0) is 4.79 Å². The Balaban J connectivity index is 2.17. The maximum atomic E-state index is 13.3. The van der Waals surface area contributed by atoms with Crippen LogP contribution >= 0.6 is 11.3 Å². The Kier molecular flexibility index (Phi) is 6.87. The van der Waals surface area contributed by atoms with E-state index in [-0.39, 0.29) is 11.4 Å². The van der Waals surface area contributed by atoms with Gasteiger partial charge in [-0.15, -0.1) is 11.3 Å². The van der Waals surface area contributed by atoms with Crippen molar-refractivity contribution >= 4 is 23.0 Å². The third-order valence-corrected chi connectivity index (χ3v) is 5.95. The first-order chi connectivity index (χ1) is 14.8. The van der Waals surface area contributed by atoms with Crippen molar-refractivity contribution in [2.45, 2.75) is 6.04 Å². The molecule has 1 aliphatic rings. The maximum absolute atomic E-state index is 13.3. The van der Waals surface area contributed by atoms with Crippen LogP contribution in [0, 0.1) is 0 Å². The number of hydrogen-bond acceptors (Lipinski definition) is 8. The summed E-state index contributed by atoms with van der Waals surface area (Å²) >= 11 is 1.26. The van der Waals surface area contributed by atoms with Crippen LogP contribution in [0.3, 0.4) is 0 Å². The van der Waals surface area contributed by atoms with Crippen molar-refractivity contribution in [3.05, 3.63) is 51.4 Å². The zero-order valence-corrected chi connectivity index (χ0v) is 19.0. The molecule has 9 heteroatoms. The van der Waals surface area contributed by atoms with E-state index in [2.05, 4.69) is 0 Å². The van der Waals surface area contributed by atoms with Crippen LogP contribution in [0.2, 0.25) is 0 Å². The summed E-state index contributed by atoms with van der Waals surface area (Å²) in [6.45, 7) is 0.874. The monoisotopic (exact) mass is 446 g/mol. The summed E-state index contributed by atoms with van der Waals surface area (Å²) in [6, 6.07) is 6.03. The van der Waals surface area contributed by atoms with Crippen LogP contribution in [0.5, 0.6) is 17.2 Å². The summed E-state index contributed by atoms with van der Waals surface area (Å²) in [4.78, 5) is 30.1. The lowest BCUT2D eigenvalue weighted by Crippen LogP contribution is -2.36. The number of Topliss-reactive ketones (excluding diaryl/α,β-unsaturated/α-hetero) is 1. The van der Waals surface area contributed by atoms with Crippen LogP contribution in [0.4, 0.5) is 0 Å². The quantitative estimate of drug-likeness (QED) is 0.593. The summed E-state index contributed by atoms with van der Waals surface area (Å²) in [5, 5.41) is 12.5. The van der Waals surface area contributed by atoms with Crippen LogP contribution in [0.1, 0.15) is 21.3 Å². The zero-order chi connectivity index (χ0) is 22.7. The van der Waals surface area contributed by atoms with E-state index in [0.29, 0.717) is 40.8 Å². The molecule has 1 N–H and O–H groups in total. The summed E-state index contributed by atoms with van der Waals surface area (Å²) in [5.41, 5.74) is 0.617. The topological polar surface area (TPSA) is 88.5 Å². The molecular weight excluding hydrogens is 420 g/mol. The number of rotatable bonds is 9. The molecule has 166 valence electrons. The molecule has 0 spiro atoms. The Morgan fingerprint density at radius 1 is 1.16 bits per heavy atom. The molecule has 31 heavy (non-hydrogen) atoms. The minimum absolute atomic E-state index is 0.0421. The van der Waals surface area contributed by atoms with Crippen molar-refractivity contribution in [2.75, 3.05) is 48.5 Å². The lowest BCUT2D eigenvalue weighted by molar-refractivity contribution is -0.129. The second kappa shape index (κ2) is 9.40. The van der Waals surface area contributed by atoms with E-state index in [4.69, 9.17) is 14.2 Å². The highest BCUT2D eigenvalue weighted by molar-refractivity contribution is 7.12. The van der Waals surface area contributed by atoms with E-state index >= 15 is 0 Å². The maximum Gasteiger partial charge on any atom is 0.290 e. The van der Waals surface area contributed by atoms with E-state index in [1.54, 1.807) is 29.6 Å². The van der Waals surface area contributed by atoms with Gasteiger partial charge < -0.3 is 29.1 Å². The lowest BCUT2D eigenvalue weighted by atomic mass is 9.94. The van der Waals surface area contributed by atoms with E-state index in [0.717, 1.165) is 0 Å². The fraction of sp³-hybridized carbons (Fsp3) is 0.364. The Labute approximate surface area is 185 Å². The Morgan fingerprint density at radius 2 is 1.81 bits per heavy atom. The molecule has 1 amide bonds. The number of hydrogen-bond donors (Lipinski definition) is 1. The van der Waals surface area contributed by atoms with E-state index in [1.807, 2.05) is 19.0 Å². The lowest BCUT2D eigenvalue weighted by Gasteiger charge is -2.28. The van der Waals surface area contributed by atoms with Gasteiger partial charge in [0, 0.05) is 13.1 Å². The SMILES string of the molecule is COc1cc([C@H]2C(C(=O)c3cccs3)=C(O)C(=O)N2CCN(C)C)cc(OC)c1OC. The molecular formula is C22H26N2O6S. The smallest absolute Gasteiger partial charge is 0.290 e. The zero-order valence-electron chi connectivity index (χ0n) is 18.2. The van der Waals surface area contributed by atoms with Crippen LogP contribution in [0.15, 0.2) is 41.0 Å². The van der Waals surface area contributed by atoms with Gasteiger partial charge in [0.25, 0.3) is 5.91 Å². The molecule has 0 fully saturated rings. The van der Waals surface area contributed by atoms with Crippen LogP contribution in [-0.4, -0.2) is 75.1 Å². The molecule has 0 aliphatic carbocycles. The molecule has 1 atom stereocenters. The molecule has 0 saturated carbocycles. The molecule has 2 heterocycles. The molecule has 8 nitrogen and oxygen atoms in total. The number of ketones is 1. The number of likely N-dealkylation sites (N-methyl/N-ethyl adjacent to an activating group) is 1. The number of amides is 1. The predicted octanol–water partition coefficient (Wildman–Crippen LogP) is 2.91. The number of nitrogens with zero attached hydrogens (tertiary/aromatic N) is 2. The Morgan fingerprint density at radius 3 is 2.29 bits per heavy atom. The summed E-state index contributed by atoms with van der Waals surface area (Å²) < 4.78 is 16.3. The third-order valence-electron chi connectivity index (χ3n) is 5.08. The normalized spacial score (nSPS) is 16.3. The highest BCUT2D eigenvalue weighted by Crippen LogP contribution is 2.45. The second-order valence-electron chi connectivity index (χ2n) is 7.23. The van der Waals surface area contributed by atoms with Gasteiger partial charge >= 0.3 is 0 Å². The van der Waals surface area contributed by atoms with Gasteiger partial charge in [-0.1, -0.05) is 6.07 Å². The number of ether oxygens (including phenoxy) is 3. The summed E-state index contributed by atoms with van der Waals surface area (Å²) in [5.74, 6) is -0.307. The van der Waals surface area contributed by atoms with Gasteiger partial charge in [0.15, 0.2) is 17.3 Å². The van der Waals surface area contributed by atoms with Crippen molar-refractivity contribution in [1.29, 1.82) is 0 Å². The number of carbonyl (C=O) groups excluding carboxylic acids is 2. The van der Waals surface area contributed by atoms with Crippen molar-refractivity contribution in [3.63, 3.8) is 0 Å². The van der Waals surface area contributed by atoms with E-state index in [9.17, 15) is 14.7 Å². The molecule has 1 aromatic carbocycles. The number of thiophene rings is 1. The summed E-state index contributed by atoms with van der Waals surface area (Å²) in [6.07, 6.45) is 0. The van der Waals surface area contributed by atoms with Gasteiger partial charge in [0.2, 0.25) is 11.5 Å². The number of aliphatic hydroxyl groups is 1. The molecule has 3 rings (SSSR count). The largest absolute Gasteiger partial charge is 0.503 e. The number of methoxy groups -OCH3 is 3. The fourth-order valence-electron chi connectivity index (χ4n) is 3.57. The van der Waals surface area contributed by atoms with Crippen molar-refractivity contribution in [1.82, 2.24) is 9.80 Å². The molecule has 1 aliphatic heterocycles. The van der Waals surface area contributed by atoms with Crippen LogP contribution in [0.25, 0.3) is 0 Å². The van der Waals surface area contributed by atoms with E-state index < -0.39 is 17.7 Å². The van der Waals surface area contributed by atoms with Gasteiger partial charge in [0.05, 0.1) is 37.8 Å². The highest BCUT2D eigenvalue weighted by atomic mass is 32.1. The average Bonchev–Trinajstić information content (AvgIpc) is 3.38. The van der Waals surface area contributed by atoms with Crippen molar-refractivity contribution in [2.24, 2.45) is 0 Å². The first-order valence-electron chi connectivity index (χ1n) is 9.60. The molecule has 2 aromatic rings. The van der Waals surface area contributed by atoms with Gasteiger partial charge in [-0.05, 0) is 43.2 Å². The minimum atomic E-state index is -0.796. The van der Waals surface area contributed by atoms with Crippen molar-refractivity contribution in [3.8, 4) is 17.2 Å². The van der Waals surface area contributed by atoms with Crippen molar-refractivity contribution < 1.29 is 28.9 Å². The predicted molar refractivity (Wildman–Crippen MR) is 117 cm³/mol. The molecule has 0 radical (unpaired) electrons. The van der Waals surface area contributed by atoms with Gasteiger partial charge in [-0.3, -0.25) is 9.59 Å². The van der Waals surface area contributed by atoms with Crippen LogP contribution < -0.4 is 14.2 Å². The highest BCUT2D eigenvalue weighted by Gasteiger charge is 2.44. The van der Waals surface area contributed by atoms with E-state index in [1.165, 1.54) is 37.6 Å². The molecule has 1 aromatic heterocycles. The first kappa shape index (κ1) is 22.6. The number of carbonyl (C=O) groups is 2. The first-order valence-corrected chi connectivity index (χ1v) is 10.5.